The molecule has 1 aliphatic heterocycles. The predicted molar refractivity (Wildman–Crippen MR) is 154 cm³/mol. The molecular formula is C28H29ClN6O2S. The van der Waals surface area contributed by atoms with Crippen molar-refractivity contribution in [1.82, 2.24) is 24.8 Å². The minimum absolute atomic E-state index is 0.209. The number of halogens is 1. The van der Waals surface area contributed by atoms with Gasteiger partial charge in [0.25, 0.3) is 0 Å². The van der Waals surface area contributed by atoms with Gasteiger partial charge < -0.3 is 20.5 Å². The first-order chi connectivity index (χ1) is 18.3. The van der Waals surface area contributed by atoms with Crippen LogP contribution >= 0.6 is 23.5 Å². The van der Waals surface area contributed by atoms with E-state index < -0.39 is 0 Å². The Morgan fingerprint density at radius 2 is 2.00 bits per heavy atom. The van der Waals surface area contributed by atoms with Crippen LogP contribution in [0.5, 0.6) is 11.6 Å². The predicted octanol–water partition coefficient (Wildman–Crippen LogP) is 6.27. The van der Waals surface area contributed by atoms with Gasteiger partial charge in [-0.05, 0) is 56.0 Å². The number of aromatic nitrogens is 3. The second kappa shape index (κ2) is 12.1. The molecule has 0 saturated heterocycles. The van der Waals surface area contributed by atoms with E-state index in [1.807, 2.05) is 44.4 Å². The number of ketones is 1. The Bertz CT molecular complexity index is 1470. The topological polar surface area (TPSA) is 107 Å². The molecule has 1 aliphatic rings. The number of hydrogen-bond acceptors (Lipinski definition) is 8. The summed E-state index contributed by atoms with van der Waals surface area (Å²) >= 11 is 7.69. The lowest BCUT2D eigenvalue weighted by Crippen LogP contribution is -2.21. The van der Waals surface area contributed by atoms with E-state index in [9.17, 15) is 4.79 Å². The highest BCUT2D eigenvalue weighted by Gasteiger charge is 2.21. The minimum Gasteiger partial charge on any atom is -0.437 e. The van der Waals surface area contributed by atoms with E-state index in [4.69, 9.17) is 22.1 Å². The molecular weight excluding hydrogens is 520 g/mol. The molecule has 0 fully saturated rings. The Labute approximate surface area is 231 Å². The summed E-state index contributed by atoms with van der Waals surface area (Å²) in [5.41, 5.74) is 11.2. The molecule has 0 spiro atoms. The maximum absolute atomic E-state index is 13.5. The summed E-state index contributed by atoms with van der Waals surface area (Å²) in [6.07, 6.45) is 12.4. The zero-order valence-corrected chi connectivity index (χ0v) is 23.0. The molecule has 0 amide bonds. The number of anilines is 1. The Hall–Kier alpha value is -3.95. The quantitative estimate of drug-likeness (QED) is 0.234. The van der Waals surface area contributed by atoms with Gasteiger partial charge in [-0.2, -0.15) is 5.10 Å². The number of carbonyl (C=O) groups is 1. The molecule has 10 heteroatoms. The number of rotatable bonds is 7. The molecule has 1 aromatic carbocycles. The molecule has 196 valence electrons. The van der Waals surface area contributed by atoms with E-state index in [0.29, 0.717) is 40.2 Å². The highest BCUT2D eigenvalue weighted by atomic mass is 35.5. The Morgan fingerprint density at radius 3 is 2.74 bits per heavy atom. The highest BCUT2D eigenvalue weighted by molar-refractivity contribution is 7.96. The summed E-state index contributed by atoms with van der Waals surface area (Å²) < 4.78 is 10.6. The number of pyridine rings is 1. The monoisotopic (exact) mass is 548 g/mol. The van der Waals surface area contributed by atoms with E-state index in [-0.39, 0.29) is 17.2 Å². The molecule has 0 radical (unpaired) electrons. The summed E-state index contributed by atoms with van der Waals surface area (Å²) in [4.78, 5) is 17.9. The SMILES string of the molecule is C=C1/C=C(NSC)\C(C)=C/CC/C=C(/C(=O)c2cnn(-c3cnc(Oc4ccccc4Cl)cc3C)c2N)N1. The summed E-state index contributed by atoms with van der Waals surface area (Å²) in [5.74, 6) is 0.822. The zero-order valence-electron chi connectivity index (χ0n) is 21.4. The average Bonchev–Trinajstić information content (AvgIpc) is 3.27. The lowest BCUT2D eigenvalue weighted by Gasteiger charge is -2.15. The van der Waals surface area contributed by atoms with Crippen molar-refractivity contribution >= 4 is 35.1 Å². The van der Waals surface area contributed by atoms with Crippen LogP contribution in [0.3, 0.4) is 0 Å². The highest BCUT2D eigenvalue weighted by Crippen LogP contribution is 2.30. The van der Waals surface area contributed by atoms with E-state index in [2.05, 4.69) is 32.8 Å². The number of nitrogens with two attached hydrogens (primary N) is 1. The molecule has 38 heavy (non-hydrogen) atoms. The average molecular weight is 549 g/mol. The van der Waals surface area contributed by atoms with Crippen LogP contribution < -0.4 is 20.5 Å². The molecule has 3 heterocycles. The van der Waals surface area contributed by atoms with E-state index in [0.717, 1.165) is 23.3 Å². The number of Topliss-reactive ketones (excluding diaryl/α,β-unsaturated/α-hetero) is 1. The van der Waals surface area contributed by atoms with E-state index in [1.54, 1.807) is 24.4 Å². The van der Waals surface area contributed by atoms with Crippen molar-refractivity contribution in [1.29, 1.82) is 0 Å². The van der Waals surface area contributed by atoms with Gasteiger partial charge in [0, 0.05) is 23.7 Å². The van der Waals surface area contributed by atoms with Crippen LogP contribution in [0.2, 0.25) is 5.02 Å². The van der Waals surface area contributed by atoms with Crippen LogP contribution in [0.25, 0.3) is 5.69 Å². The number of nitrogens with zero attached hydrogens (tertiary/aromatic N) is 3. The van der Waals surface area contributed by atoms with Gasteiger partial charge in [0.05, 0.1) is 34.4 Å². The van der Waals surface area contributed by atoms with Gasteiger partial charge in [-0.25, -0.2) is 9.67 Å². The fourth-order valence-corrected chi connectivity index (χ4v) is 4.48. The number of aryl methyl sites for hydroxylation is 1. The number of nitrogen functional groups attached to an aromatic ring is 1. The van der Waals surface area contributed by atoms with E-state index in [1.165, 1.54) is 22.8 Å². The molecule has 0 aliphatic carbocycles. The summed E-state index contributed by atoms with van der Waals surface area (Å²) in [6, 6.07) is 8.93. The normalized spacial score (nSPS) is 18.2. The Morgan fingerprint density at radius 1 is 1.24 bits per heavy atom. The molecule has 2 aromatic heterocycles. The van der Waals surface area contributed by atoms with Crippen LogP contribution in [0.4, 0.5) is 5.82 Å². The van der Waals surface area contributed by atoms with Crippen molar-refractivity contribution in [2.45, 2.75) is 26.7 Å². The number of allylic oxidation sites excluding steroid dienone is 5. The summed E-state index contributed by atoms with van der Waals surface area (Å²) in [6.45, 7) is 8.00. The first kappa shape index (κ1) is 27.1. The van der Waals surface area contributed by atoms with Crippen LogP contribution in [0.15, 0.2) is 90.2 Å². The van der Waals surface area contributed by atoms with Crippen molar-refractivity contribution in [2.24, 2.45) is 0 Å². The maximum Gasteiger partial charge on any atom is 0.219 e. The van der Waals surface area contributed by atoms with Gasteiger partial charge in [0.2, 0.25) is 11.7 Å². The molecule has 4 N–H and O–H groups in total. The third-order valence-corrected chi connectivity index (χ3v) is 6.59. The van der Waals surface area contributed by atoms with Crippen molar-refractivity contribution < 1.29 is 9.53 Å². The molecule has 0 bridgehead atoms. The van der Waals surface area contributed by atoms with Crippen molar-refractivity contribution in [3.63, 3.8) is 0 Å². The van der Waals surface area contributed by atoms with Gasteiger partial charge in [-0.15, -0.1) is 0 Å². The molecule has 0 atom stereocenters. The van der Waals surface area contributed by atoms with Gasteiger partial charge in [0.15, 0.2) is 0 Å². The first-order valence-corrected chi connectivity index (χ1v) is 13.5. The summed E-state index contributed by atoms with van der Waals surface area (Å²) in [5, 5.41) is 8.02. The zero-order chi connectivity index (χ0) is 27.2. The minimum atomic E-state index is -0.270. The third kappa shape index (κ3) is 6.12. The summed E-state index contributed by atoms with van der Waals surface area (Å²) in [7, 11) is 0. The van der Waals surface area contributed by atoms with Gasteiger partial charge >= 0.3 is 0 Å². The molecule has 4 rings (SSSR count). The molecule has 0 unspecified atom stereocenters. The molecule has 0 saturated carbocycles. The second-order valence-corrected chi connectivity index (χ2v) is 9.64. The van der Waals surface area contributed by atoms with Crippen molar-refractivity contribution in [2.75, 3.05) is 12.0 Å². The van der Waals surface area contributed by atoms with Gasteiger partial charge in [-0.1, -0.05) is 54.4 Å². The lowest BCUT2D eigenvalue weighted by molar-refractivity contribution is 0.102. The Kier molecular flexibility index (Phi) is 8.60. The van der Waals surface area contributed by atoms with Gasteiger partial charge in [-0.3, -0.25) is 4.79 Å². The molecule has 3 aromatic rings. The van der Waals surface area contributed by atoms with Crippen LogP contribution in [-0.2, 0) is 0 Å². The first-order valence-electron chi connectivity index (χ1n) is 11.9. The van der Waals surface area contributed by atoms with Crippen LogP contribution in [0.1, 0.15) is 35.7 Å². The standard InChI is InChI=1S/C28H29ClN6O2S/c1-17-9-5-7-11-22(33-19(3)14-23(17)34-38-4)27(36)20-15-32-35(28(20)30)24-16-31-26(13-18(24)2)37-25-12-8-6-10-21(25)29/h6,8-16,33-34H,3,5,7,30H2,1-2,4H3/b17-9-,22-11-,23-14+. The number of hydrogen-bond donors (Lipinski definition) is 3. The molecule has 8 nitrogen and oxygen atoms in total. The maximum atomic E-state index is 13.5. The number of carbonyl (C=O) groups excluding carboxylic acids is 1. The fraction of sp³-hybridized carbons (Fsp3) is 0.179. The van der Waals surface area contributed by atoms with Crippen LogP contribution in [-0.4, -0.2) is 26.8 Å². The van der Waals surface area contributed by atoms with Crippen molar-refractivity contribution in [3.8, 4) is 17.3 Å². The number of para-hydroxylation sites is 1. The number of ether oxygens (including phenoxy) is 1. The largest absolute Gasteiger partial charge is 0.437 e. The number of nitrogens with one attached hydrogen (secondary N) is 2. The Balaban J connectivity index is 1.58. The van der Waals surface area contributed by atoms with Crippen LogP contribution in [0, 0.1) is 6.92 Å². The number of benzene rings is 1. The van der Waals surface area contributed by atoms with Gasteiger partial charge in [0.1, 0.15) is 11.6 Å². The van der Waals surface area contributed by atoms with E-state index >= 15 is 0 Å². The second-order valence-electron chi connectivity index (χ2n) is 8.62. The lowest BCUT2D eigenvalue weighted by atomic mass is 10.1. The smallest absolute Gasteiger partial charge is 0.219 e. The van der Waals surface area contributed by atoms with Crippen molar-refractivity contribution in [3.05, 3.63) is 106 Å². The fourth-order valence-electron chi connectivity index (χ4n) is 3.87. The third-order valence-electron chi connectivity index (χ3n) is 5.85.